The van der Waals surface area contributed by atoms with E-state index in [4.69, 9.17) is 4.74 Å². The zero-order chi connectivity index (χ0) is 16.8. The Hall–Kier alpha value is -2.45. The van der Waals surface area contributed by atoms with Gasteiger partial charge < -0.3 is 15.4 Å². The molecule has 2 heterocycles. The third-order valence-electron chi connectivity index (χ3n) is 3.52. The molecule has 1 atom stereocenters. The van der Waals surface area contributed by atoms with Crippen LogP contribution in [0.5, 0.6) is 0 Å². The molecular formula is C16H18N4O3S. The van der Waals surface area contributed by atoms with E-state index >= 15 is 0 Å². The third kappa shape index (κ3) is 4.53. The van der Waals surface area contributed by atoms with Gasteiger partial charge in [-0.1, -0.05) is 12.1 Å². The van der Waals surface area contributed by atoms with Gasteiger partial charge >= 0.3 is 6.03 Å². The van der Waals surface area contributed by atoms with Crippen molar-refractivity contribution < 1.29 is 14.3 Å². The average Bonchev–Trinajstić information content (AvgIpc) is 3.27. The summed E-state index contributed by atoms with van der Waals surface area (Å²) in [4.78, 5) is 27.8. The lowest BCUT2D eigenvalue weighted by Gasteiger charge is -2.12. The number of hydrogen-bond acceptors (Lipinski definition) is 5. The number of amides is 3. The van der Waals surface area contributed by atoms with Crippen LogP contribution in [-0.4, -0.2) is 29.6 Å². The van der Waals surface area contributed by atoms with E-state index in [1.54, 1.807) is 11.6 Å². The molecule has 1 fully saturated rings. The number of carbonyl (C=O) groups is 2. The number of aromatic nitrogens is 1. The average molecular weight is 346 g/mol. The van der Waals surface area contributed by atoms with E-state index in [0.717, 1.165) is 18.4 Å². The summed E-state index contributed by atoms with van der Waals surface area (Å²) < 4.78 is 5.36. The van der Waals surface area contributed by atoms with Crippen molar-refractivity contribution in [2.45, 2.75) is 25.5 Å². The molecule has 7 nitrogen and oxygen atoms in total. The van der Waals surface area contributed by atoms with Gasteiger partial charge in [0, 0.05) is 30.4 Å². The third-order valence-corrected chi connectivity index (χ3v) is 4.21. The molecule has 1 aliphatic heterocycles. The zero-order valence-electron chi connectivity index (χ0n) is 13.0. The fraction of sp³-hybridized carbons (Fsp3) is 0.312. The minimum Gasteiger partial charge on any atom is -0.368 e. The molecule has 3 amide bonds. The first-order valence-electron chi connectivity index (χ1n) is 7.66. The van der Waals surface area contributed by atoms with Crippen LogP contribution in [0.3, 0.4) is 0 Å². The van der Waals surface area contributed by atoms with Gasteiger partial charge in [-0.25, -0.2) is 9.78 Å². The highest BCUT2D eigenvalue weighted by molar-refractivity contribution is 7.13. The molecule has 1 aromatic carbocycles. The molecular weight excluding hydrogens is 328 g/mol. The van der Waals surface area contributed by atoms with Gasteiger partial charge in [-0.3, -0.25) is 10.1 Å². The van der Waals surface area contributed by atoms with Crippen molar-refractivity contribution in [2.24, 2.45) is 0 Å². The van der Waals surface area contributed by atoms with Crippen molar-refractivity contribution in [1.29, 1.82) is 0 Å². The van der Waals surface area contributed by atoms with Crippen LogP contribution >= 0.6 is 11.3 Å². The number of thiazole rings is 1. The Labute approximate surface area is 143 Å². The molecule has 1 unspecified atom stereocenters. The van der Waals surface area contributed by atoms with Crippen molar-refractivity contribution in [3.8, 4) is 0 Å². The quantitative estimate of drug-likeness (QED) is 0.776. The number of nitrogens with one attached hydrogen (secondary N) is 3. The van der Waals surface area contributed by atoms with Crippen LogP contribution in [0, 0.1) is 0 Å². The summed E-state index contributed by atoms with van der Waals surface area (Å²) in [5.74, 6) is -0.126. The second kappa shape index (κ2) is 7.89. The van der Waals surface area contributed by atoms with E-state index in [0.29, 0.717) is 24.0 Å². The number of carbonyl (C=O) groups excluding carboxylic acids is 2. The van der Waals surface area contributed by atoms with Gasteiger partial charge in [0.2, 0.25) is 0 Å². The van der Waals surface area contributed by atoms with Gasteiger partial charge in [0.1, 0.15) is 6.10 Å². The van der Waals surface area contributed by atoms with Gasteiger partial charge in [0.25, 0.3) is 5.91 Å². The SMILES string of the molecule is O=C(NCc1cccc(NC(=O)C2CCCO2)c1)Nc1nccs1. The fourth-order valence-electron chi connectivity index (χ4n) is 2.38. The summed E-state index contributed by atoms with van der Waals surface area (Å²) in [6.07, 6.45) is 2.93. The van der Waals surface area contributed by atoms with Crippen LogP contribution in [0.1, 0.15) is 18.4 Å². The van der Waals surface area contributed by atoms with E-state index in [9.17, 15) is 9.59 Å². The molecule has 3 N–H and O–H groups in total. The minimum absolute atomic E-state index is 0.126. The van der Waals surface area contributed by atoms with E-state index in [1.807, 2.05) is 24.3 Å². The molecule has 1 aliphatic rings. The summed E-state index contributed by atoms with van der Waals surface area (Å²) in [7, 11) is 0. The predicted molar refractivity (Wildman–Crippen MR) is 92.0 cm³/mol. The molecule has 1 aromatic heterocycles. The number of rotatable bonds is 5. The molecule has 0 bridgehead atoms. The maximum atomic E-state index is 12.0. The smallest absolute Gasteiger partial charge is 0.321 e. The molecule has 0 spiro atoms. The van der Waals surface area contributed by atoms with E-state index in [2.05, 4.69) is 20.9 Å². The number of nitrogens with zero attached hydrogens (tertiary/aromatic N) is 1. The van der Waals surface area contributed by atoms with Crippen molar-refractivity contribution in [1.82, 2.24) is 10.3 Å². The molecule has 126 valence electrons. The molecule has 24 heavy (non-hydrogen) atoms. The summed E-state index contributed by atoms with van der Waals surface area (Å²) in [5.41, 5.74) is 1.57. The summed E-state index contributed by atoms with van der Waals surface area (Å²) in [6.45, 7) is 0.983. The minimum atomic E-state index is -0.365. The monoisotopic (exact) mass is 346 g/mol. The number of benzene rings is 1. The number of ether oxygens (including phenoxy) is 1. The molecule has 0 saturated carbocycles. The number of anilines is 2. The van der Waals surface area contributed by atoms with E-state index in [-0.39, 0.29) is 18.0 Å². The van der Waals surface area contributed by atoms with Crippen molar-refractivity contribution >= 4 is 34.1 Å². The highest BCUT2D eigenvalue weighted by Crippen LogP contribution is 2.16. The van der Waals surface area contributed by atoms with Crippen molar-refractivity contribution in [2.75, 3.05) is 17.2 Å². The first-order valence-corrected chi connectivity index (χ1v) is 8.54. The Morgan fingerprint density at radius 3 is 3.00 bits per heavy atom. The number of hydrogen-bond donors (Lipinski definition) is 3. The molecule has 8 heteroatoms. The van der Waals surface area contributed by atoms with Gasteiger partial charge in [-0.05, 0) is 30.5 Å². The second-order valence-electron chi connectivity index (χ2n) is 5.34. The van der Waals surface area contributed by atoms with Gasteiger partial charge in [-0.2, -0.15) is 0 Å². The van der Waals surface area contributed by atoms with Crippen LogP contribution in [-0.2, 0) is 16.1 Å². The molecule has 0 aliphatic carbocycles. The van der Waals surface area contributed by atoms with Crippen LogP contribution in [0.4, 0.5) is 15.6 Å². The Morgan fingerprint density at radius 2 is 2.25 bits per heavy atom. The van der Waals surface area contributed by atoms with Crippen LogP contribution in [0.15, 0.2) is 35.8 Å². The lowest BCUT2D eigenvalue weighted by atomic mass is 10.2. The van der Waals surface area contributed by atoms with Crippen molar-refractivity contribution in [3.63, 3.8) is 0 Å². The number of urea groups is 1. The summed E-state index contributed by atoms with van der Waals surface area (Å²) in [6, 6.07) is 7.04. The van der Waals surface area contributed by atoms with E-state index < -0.39 is 0 Å². The maximum absolute atomic E-state index is 12.0. The zero-order valence-corrected chi connectivity index (χ0v) is 13.8. The molecule has 0 radical (unpaired) electrons. The van der Waals surface area contributed by atoms with Crippen LogP contribution in [0.25, 0.3) is 0 Å². The standard InChI is InChI=1S/C16H18N4O3S/c21-14(13-5-2-7-23-13)19-12-4-1-3-11(9-12)10-18-15(22)20-16-17-6-8-24-16/h1,3-4,6,8-9,13H,2,5,7,10H2,(H,19,21)(H2,17,18,20,22). The molecule has 3 rings (SSSR count). The summed E-state index contributed by atoms with van der Waals surface area (Å²) >= 11 is 1.35. The van der Waals surface area contributed by atoms with E-state index in [1.165, 1.54) is 11.3 Å². The molecule has 1 saturated heterocycles. The normalized spacial score (nSPS) is 16.6. The topological polar surface area (TPSA) is 92.4 Å². The fourth-order valence-corrected chi connectivity index (χ4v) is 2.90. The highest BCUT2D eigenvalue weighted by Gasteiger charge is 2.23. The van der Waals surface area contributed by atoms with Gasteiger partial charge in [0.05, 0.1) is 0 Å². The first kappa shape index (κ1) is 16.4. The highest BCUT2D eigenvalue weighted by atomic mass is 32.1. The molecule has 2 aromatic rings. The lowest BCUT2D eigenvalue weighted by Crippen LogP contribution is -2.28. The van der Waals surface area contributed by atoms with Crippen molar-refractivity contribution in [3.05, 3.63) is 41.4 Å². The van der Waals surface area contributed by atoms with Crippen LogP contribution in [0.2, 0.25) is 0 Å². The predicted octanol–water partition coefficient (Wildman–Crippen LogP) is 2.58. The Bertz CT molecular complexity index is 699. The van der Waals surface area contributed by atoms with Gasteiger partial charge in [0.15, 0.2) is 5.13 Å². The first-order chi connectivity index (χ1) is 11.7. The Kier molecular flexibility index (Phi) is 5.39. The lowest BCUT2D eigenvalue weighted by molar-refractivity contribution is -0.124. The van der Waals surface area contributed by atoms with Gasteiger partial charge in [-0.15, -0.1) is 11.3 Å². The van der Waals surface area contributed by atoms with Crippen LogP contribution < -0.4 is 16.0 Å². The largest absolute Gasteiger partial charge is 0.368 e. The Balaban J connectivity index is 1.51. The maximum Gasteiger partial charge on any atom is 0.321 e. The summed E-state index contributed by atoms with van der Waals surface area (Å²) in [5, 5.41) is 10.6. The Morgan fingerprint density at radius 1 is 1.33 bits per heavy atom. The second-order valence-corrected chi connectivity index (χ2v) is 6.23.